The lowest BCUT2D eigenvalue weighted by Gasteiger charge is -2.57. The third-order valence-electron chi connectivity index (χ3n) is 5.54. The molecule has 2 heteroatoms. The maximum atomic E-state index is 11.1. The molecule has 18 heavy (non-hydrogen) atoms. The Bertz CT molecular complexity index is 345. The molecule has 100 valence electrons. The number of rotatable bonds is 4. The number of carboxylic acids is 1. The van der Waals surface area contributed by atoms with Gasteiger partial charge in [-0.2, -0.15) is 0 Å². The summed E-state index contributed by atoms with van der Waals surface area (Å²) >= 11 is 0. The van der Waals surface area contributed by atoms with Crippen molar-refractivity contribution in [2.75, 3.05) is 0 Å². The van der Waals surface area contributed by atoms with E-state index in [0.717, 1.165) is 30.6 Å². The molecule has 0 unspecified atom stereocenters. The molecule has 0 aromatic carbocycles. The van der Waals surface area contributed by atoms with Gasteiger partial charge >= 0.3 is 5.97 Å². The molecule has 4 aliphatic rings. The van der Waals surface area contributed by atoms with E-state index in [9.17, 15) is 4.79 Å². The molecule has 4 rings (SSSR count). The van der Waals surface area contributed by atoms with Gasteiger partial charge in [-0.15, -0.1) is 0 Å². The molecule has 0 aliphatic heterocycles. The molecule has 0 spiro atoms. The molecule has 0 atom stereocenters. The second kappa shape index (κ2) is 4.40. The first-order valence-electron chi connectivity index (χ1n) is 7.55. The van der Waals surface area contributed by atoms with E-state index < -0.39 is 5.97 Å². The van der Waals surface area contributed by atoms with Crippen molar-refractivity contribution < 1.29 is 9.90 Å². The Morgan fingerprint density at radius 3 is 2.06 bits per heavy atom. The minimum absolute atomic E-state index is 0.281. The van der Waals surface area contributed by atoms with Crippen molar-refractivity contribution >= 4 is 5.97 Å². The number of allylic oxidation sites excluding steroid dienone is 1. The van der Waals surface area contributed by atoms with Crippen molar-refractivity contribution in [3.05, 3.63) is 11.6 Å². The quantitative estimate of drug-likeness (QED) is 0.763. The van der Waals surface area contributed by atoms with Crippen LogP contribution in [0.5, 0.6) is 0 Å². The summed E-state index contributed by atoms with van der Waals surface area (Å²) in [4.78, 5) is 11.1. The van der Waals surface area contributed by atoms with E-state index in [-0.39, 0.29) is 5.41 Å². The third-order valence-corrected chi connectivity index (χ3v) is 5.54. The Balaban J connectivity index is 1.90. The lowest BCUT2D eigenvalue weighted by Crippen LogP contribution is -2.47. The van der Waals surface area contributed by atoms with Gasteiger partial charge in [-0.25, -0.2) is 4.79 Å². The van der Waals surface area contributed by atoms with Gasteiger partial charge in [0.15, 0.2) is 0 Å². The van der Waals surface area contributed by atoms with E-state index in [1.807, 2.05) is 0 Å². The van der Waals surface area contributed by atoms with Gasteiger partial charge in [0.1, 0.15) is 0 Å². The monoisotopic (exact) mass is 248 g/mol. The minimum atomic E-state index is -0.741. The lowest BCUT2D eigenvalue weighted by molar-refractivity contribution is -0.131. The molecule has 4 bridgehead atoms. The van der Waals surface area contributed by atoms with E-state index in [1.54, 1.807) is 6.08 Å². The Kier molecular flexibility index (Phi) is 2.99. The van der Waals surface area contributed by atoms with Crippen LogP contribution in [0.25, 0.3) is 0 Å². The van der Waals surface area contributed by atoms with Crippen LogP contribution in [0.2, 0.25) is 0 Å². The molecule has 0 aromatic heterocycles. The number of carboxylic acid groups (broad SMARTS) is 1. The van der Waals surface area contributed by atoms with E-state index in [2.05, 4.69) is 6.92 Å². The van der Waals surface area contributed by atoms with Crippen molar-refractivity contribution in [3.8, 4) is 0 Å². The summed E-state index contributed by atoms with van der Waals surface area (Å²) in [7, 11) is 0. The number of hydrogen-bond acceptors (Lipinski definition) is 1. The van der Waals surface area contributed by atoms with Gasteiger partial charge in [0.2, 0.25) is 0 Å². The Morgan fingerprint density at radius 1 is 1.17 bits per heavy atom. The zero-order valence-corrected chi connectivity index (χ0v) is 11.3. The van der Waals surface area contributed by atoms with Crippen LogP contribution in [0.15, 0.2) is 11.6 Å². The molecule has 4 fully saturated rings. The highest BCUT2D eigenvalue weighted by molar-refractivity contribution is 5.81. The van der Waals surface area contributed by atoms with Crippen molar-refractivity contribution in [2.45, 2.75) is 58.3 Å². The molecule has 4 saturated carbocycles. The predicted octanol–water partition coefficient (Wildman–Crippen LogP) is 4.01. The van der Waals surface area contributed by atoms with E-state index >= 15 is 0 Å². The second-order valence-corrected chi connectivity index (χ2v) is 6.96. The maximum Gasteiger partial charge on any atom is 0.328 e. The summed E-state index contributed by atoms with van der Waals surface area (Å²) in [5.41, 5.74) is 1.54. The topological polar surface area (TPSA) is 37.3 Å². The fraction of sp³-hybridized carbons (Fsp3) is 0.812. The van der Waals surface area contributed by atoms with Crippen LogP contribution < -0.4 is 0 Å². The number of hydrogen-bond donors (Lipinski definition) is 1. The van der Waals surface area contributed by atoms with Crippen LogP contribution >= 0.6 is 0 Å². The second-order valence-electron chi connectivity index (χ2n) is 6.96. The van der Waals surface area contributed by atoms with Crippen LogP contribution in [0.4, 0.5) is 0 Å². The first-order valence-corrected chi connectivity index (χ1v) is 7.55. The normalized spacial score (nSPS) is 42.3. The first kappa shape index (κ1) is 12.3. The molecule has 1 N–H and O–H groups in total. The summed E-state index contributed by atoms with van der Waals surface area (Å²) in [6.45, 7) is 2.16. The summed E-state index contributed by atoms with van der Waals surface area (Å²) in [5, 5.41) is 9.14. The maximum absolute atomic E-state index is 11.1. The lowest BCUT2D eigenvalue weighted by atomic mass is 9.47. The molecule has 4 aliphatic carbocycles. The highest BCUT2D eigenvalue weighted by atomic mass is 16.4. The Morgan fingerprint density at radius 2 is 1.67 bits per heavy atom. The zero-order valence-electron chi connectivity index (χ0n) is 11.3. The van der Waals surface area contributed by atoms with Crippen molar-refractivity contribution in [2.24, 2.45) is 23.2 Å². The van der Waals surface area contributed by atoms with Gasteiger partial charge in [0, 0.05) is 6.08 Å². The summed E-state index contributed by atoms with van der Waals surface area (Å²) in [6, 6.07) is 0. The molecule has 0 amide bonds. The largest absolute Gasteiger partial charge is 0.478 e. The van der Waals surface area contributed by atoms with Crippen molar-refractivity contribution in [1.82, 2.24) is 0 Å². The van der Waals surface area contributed by atoms with E-state index in [4.69, 9.17) is 5.11 Å². The Labute approximate surface area is 109 Å². The fourth-order valence-electron chi connectivity index (χ4n) is 5.41. The van der Waals surface area contributed by atoms with Crippen molar-refractivity contribution in [3.63, 3.8) is 0 Å². The molecule has 0 saturated heterocycles. The van der Waals surface area contributed by atoms with Crippen LogP contribution in [0.1, 0.15) is 58.3 Å². The van der Waals surface area contributed by atoms with Gasteiger partial charge in [0.25, 0.3) is 0 Å². The van der Waals surface area contributed by atoms with Gasteiger partial charge < -0.3 is 5.11 Å². The van der Waals surface area contributed by atoms with Crippen LogP contribution in [-0.4, -0.2) is 11.1 Å². The molecule has 0 radical (unpaired) electrons. The first-order chi connectivity index (χ1) is 8.61. The zero-order chi connectivity index (χ0) is 12.8. The highest BCUT2D eigenvalue weighted by Crippen LogP contribution is 2.63. The standard InChI is InChI=1S/C16H24O2/c1-2-3-14(7-15(17)18)16-8-11-4-12(9-16)6-13(5-11)10-16/h7,11-13H,2-6,8-10H2,1H3,(H,17,18)/b14-7+. The van der Waals surface area contributed by atoms with Crippen LogP contribution in [0.3, 0.4) is 0 Å². The van der Waals surface area contributed by atoms with Gasteiger partial charge in [0.05, 0.1) is 0 Å². The summed E-state index contributed by atoms with van der Waals surface area (Å²) in [5.74, 6) is 1.94. The molecule has 0 aromatic rings. The van der Waals surface area contributed by atoms with Gasteiger partial charge in [-0.05, 0) is 68.1 Å². The molecular weight excluding hydrogens is 224 g/mol. The Hall–Kier alpha value is -0.790. The predicted molar refractivity (Wildman–Crippen MR) is 71.2 cm³/mol. The molecule has 2 nitrogen and oxygen atoms in total. The fourth-order valence-corrected chi connectivity index (χ4v) is 5.41. The van der Waals surface area contributed by atoms with Gasteiger partial charge in [-0.1, -0.05) is 18.9 Å². The third kappa shape index (κ3) is 2.00. The van der Waals surface area contributed by atoms with Crippen molar-refractivity contribution in [1.29, 1.82) is 0 Å². The van der Waals surface area contributed by atoms with Crippen LogP contribution in [-0.2, 0) is 4.79 Å². The summed E-state index contributed by atoms with van der Waals surface area (Å²) in [6.07, 6.45) is 11.7. The number of aliphatic carboxylic acids is 1. The van der Waals surface area contributed by atoms with E-state index in [1.165, 1.54) is 44.1 Å². The SMILES string of the molecule is CCC/C(=C\C(=O)O)C12CC3CC(CC(C3)C1)C2. The minimum Gasteiger partial charge on any atom is -0.478 e. The molecular formula is C16H24O2. The van der Waals surface area contributed by atoms with Gasteiger partial charge in [-0.3, -0.25) is 0 Å². The summed E-state index contributed by atoms with van der Waals surface area (Å²) < 4.78 is 0. The van der Waals surface area contributed by atoms with E-state index in [0.29, 0.717) is 0 Å². The molecule has 0 heterocycles. The van der Waals surface area contributed by atoms with Crippen LogP contribution in [0, 0.1) is 23.2 Å². The average Bonchev–Trinajstić information content (AvgIpc) is 2.26. The smallest absolute Gasteiger partial charge is 0.328 e. The number of carbonyl (C=O) groups is 1. The highest BCUT2D eigenvalue weighted by Gasteiger charge is 2.52. The average molecular weight is 248 g/mol.